The molecule has 9 nitrogen and oxygen atoms in total. The Balaban J connectivity index is -0.0000000516. The smallest absolute Gasteiger partial charge is 1.00 e. The first-order valence-electron chi connectivity index (χ1n) is 4.86. The fourth-order valence-electron chi connectivity index (χ4n) is 1.35. The van der Waals surface area contributed by atoms with Crippen molar-refractivity contribution in [2.75, 3.05) is 13.1 Å². The second-order valence-electron chi connectivity index (χ2n) is 3.48. The minimum atomic E-state index is -1.46. The summed E-state index contributed by atoms with van der Waals surface area (Å²) in [4.78, 5) is 43.0. The van der Waals surface area contributed by atoms with Crippen LogP contribution in [0.5, 0.6) is 0 Å². The van der Waals surface area contributed by atoms with Crippen LogP contribution in [0.4, 0.5) is 0 Å². The van der Waals surface area contributed by atoms with Gasteiger partial charge in [-0.05, 0) is 6.42 Å². The molecular formula is C9H17NNa4O8. The van der Waals surface area contributed by atoms with Gasteiger partial charge >= 0.3 is 142 Å². The number of carbonyl (C=O) groups is 4. The van der Waals surface area contributed by atoms with E-state index >= 15 is 0 Å². The summed E-state index contributed by atoms with van der Waals surface area (Å²) in [6.45, 7) is -1.58. The first-order valence-corrected chi connectivity index (χ1v) is 4.86. The third-order valence-electron chi connectivity index (χ3n) is 2.03. The van der Waals surface area contributed by atoms with Crippen LogP contribution >= 0.6 is 0 Å². The van der Waals surface area contributed by atoms with E-state index in [1.54, 1.807) is 0 Å². The Morgan fingerprint density at radius 1 is 0.773 bits per heavy atom. The summed E-state index contributed by atoms with van der Waals surface area (Å²) < 4.78 is 0. The standard InChI is InChI=1S/C9H13NO8.4Na.4H/c11-6(12)2-1-5(9(17)18)10(3-7(13)14)4-8(15)16;;;;;;;;/h5H,1-4H2,(H,11,12)(H,13,14)(H,15,16)(H,17,18);;;;;;;;/q;4*+1;4*-1/t5-;;;;;;;;/m0......../s1. The molecule has 0 heterocycles. The summed E-state index contributed by atoms with van der Waals surface area (Å²) >= 11 is 0. The van der Waals surface area contributed by atoms with E-state index in [4.69, 9.17) is 20.4 Å². The Hall–Kier alpha value is 1.84. The zero-order chi connectivity index (χ0) is 14.3. The molecule has 0 aromatic rings. The number of nitrogens with zero attached hydrogens (tertiary/aromatic N) is 1. The number of carboxylic acid groups (broad SMARTS) is 4. The molecule has 0 spiro atoms. The number of hydrogen-bond acceptors (Lipinski definition) is 5. The molecule has 110 valence electrons. The van der Waals surface area contributed by atoms with E-state index in [2.05, 4.69) is 0 Å². The minimum Gasteiger partial charge on any atom is -1.00 e. The van der Waals surface area contributed by atoms with Crippen LogP contribution in [0.3, 0.4) is 0 Å². The van der Waals surface area contributed by atoms with E-state index in [9.17, 15) is 19.2 Å². The van der Waals surface area contributed by atoms with Gasteiger partial charge in [0, 0.05) is 6.42 Å². The third kappa shape index (κ3) is 18.2. The Bertz CT molecular complexity index is 368. The van der Waals surface area contributed by atoms with Gasteiger partial charge < -0.3 is 26.1 Å². The fourth-order valence-corrected chi connectivity index (χ4v) is 1.35. The molecule has 0 radical (unpaired) electrons. The van der Waals surface area contributed by atoms with Crippen molar-refractivity contribution >= 4 is 23.9 Å². The average Bonchev–Trinajstić information content (AvgIpc) is 2.14. The van der Waals surface area contributed by atoms with Crippen LogP contribution in [-0.2, 0) is 19.2 Å². The molecule has 0 saturated carbocycles. The first kappa shape index (κ1) is 35.0. The fraction of sp³-hybridized carbons (Fsp3) is 0.556. The Morgan fingerprint density at radius 3 is 1.36 bits per heavy atom. The second kappa shape index (κ2) is 19.2. The molecule has 0 bridgehead atoms. The van der Waals surface area contributed by atoms with E-state index in [-0.39, 0.29) is 130 Å². The maximum absolute atomic E-state index is 10.9. The van der Waals surface area contributed by atoms with Gasteiger partial charge in [-0.1, -0.05) is 0 Å². The molecule has 22 heavy (non-hydrogen) atoms. The monoisotopic (exact) mass is 359 g/mol. The van der Waals surface area contributed by atoms with Crippen LogP contribution in [0.15, 0.2) is 0 Å². The van der Waals surface area contributed by atoms with Gasteiger partial charge in [-0.3, -0.25) is 24.1 Å². The van der Waals surface area contributed by atoms with Gasteiger partial charge in [0.25, 0.3) is 0 Å². The largest absolute Gasteiger partial charge is 1.00 e. The first-order chi connectivity index (χ1) is 8.23. The molecule has 0 aliphatic heterocycles. The predicted octanol–water partition coefficient (Wildman–Crippen LogP) is -12.8. The molecule has 0 aliphatic carbocycles. The van der Waals surface area contributed by atoms with Crippen LogP contribution < -0.4 is 118 Å². The molecule has 4 N–H and O–H groups in total. The summed E-state index contributed by atoms with van der Waals surface area (Å²) in [5.74, 6) is -5.48. The van der Waals surface area contributed by atoms with E-state index in [0.717, 1.165) is 0 Å². The molecule has 0 unspecified atom stereocenters. The molecule has 0 aromatic heterocycles. The second-order valence-corrected chi connectivity index (χ2v) is 3.48. The van der Waals surface area contributed by atoms with Gasteiger partial charge in [-0.15, -0.1) is 0 Å². The van der Waals surface area contributed by atoms with Gasteiger partial charge in [0.05, 0.1) is 13.1 Å². The zero-order valence-electron chi connectivity index (χ0n) is 17.3. The van der Waals surface area contributed by atoms with Gasteiger partial charge in [0.2, 0.25) is 0 Å². The molecule has 13 heteroatoms. The van der Waals surface area contributed by atoms with Crippen LogP contribution in [0.2, 0.25) is 0 Å². The topological polar surface area (TPSA) is 152 Å². The summed E-state index contributed by atoms with van der Waals surface area (Å²) in [6.07, 6.45) is -0.863. The number of rotatable bonds is 9. The van der Waals surface area contributed by atoms with Crippen molar-refractivity contribution < 1.29 is 164 Å². The van der Waals surface area contributed by atoms with Crippen LogP contribution in [0.25, 0.3) is 0 Å². The maximum atomic E-state index is 10.9. The summed E-state index contributed by atoms with van der Waals surface area (Å²) in [7, 11) is 0. The molecule has 0 saturated heterocycles. The van der Waals surface area contributed by atoms with E-state index in [1.165, 1.54) is 0 Å². The summed E-state index contributed by atoms with van der Waals surface area (Å²) in [6, 6.07) is -1.46. The average molecular weight is 359 g/mol. The van der Waals surface area contributed by atoms with Gasteiger partial charge in [-0.25, -0.2) is 0 Å². The number of aliphatic carboxylic acids is 4. The van der Waals surface area contributed by atoms with Crippen molar-refractivity contribution in [2.45, 2.75) is 18.9 Å². The van der Waals surface area contributed by atoms with Crippen LogP contribution in [-0.4, -0.2) is 68.3 Å². The van der Waals surface area contributed by atoms with Crippen molar-refractivity contribution in [1.82, 2.24) is 4.90 Å². The van der Waals surface area contributed by atoms with E-state index in [0.29, 0.717) is 4.90 Å². The van der Waals surface area contributed by atoms with Gasteiger partial charge in [0.1, 0.15) is 6.04 Å². The molecule has 0 aliphatic rings. The van der Waals surface area contributed by atoms with E-state index < -0.39 is 49.4 Å². The number of carboxylic acids is 4. The molecule has 0 aromatic carbocycles. The van der Waals surface area contributed by atoms with Crippen molar-refractivity contribution in [3.8, 4) is 0 Å². The summed E-state index contributed by atoms with van der Waals surface area (Å²) in [5, 5.41) is 34.4. The Kier molecular flexibility index (Phi) is 30.5. The molecule has 0 rings (SSSR count). The summed E-state index contributed by atoms with van der Waals surface area (Å²) in [5.41, 5.74) is 0. The van der Waals surface area contributed by atoms with Crippen molar-refractivity contribution in [1.29, 1.82) is 0 Å². The molecular weight excluding hydrogens is 342 g/mol. The van der Waals surface area contributed by atoms with Crippen molar-refractivity contribution in [2.24, 2.45) is 0 Å². The Morgan fingerprint density at radius 2 is 1.14 bits per heavy atom. The molecule has 0 amide bonds. The normalized spacial score (nSPS) is 9.86. The van der Waals surface area contributed by atoms with Crippen molar-refractivity contribution in [3.63, 3.8) is 0 Å². The van der Waals surface area contributed by atoms with Gasteiger partial charge in [0.15, 0.2) is 0 Å². The third-order valence-corrected chi connectivity index (χ3v) is 2.03. The maximum Gasteiger partial charge on any atom is 1.00 e. The minimum absolute atomic E-state index is 0. The van der Waals surface area contributed by atoms with Crippen LogP contribution in [0.1, 0.15) is 18.5 Å². The zero-order valence-corrected chi connectivity index (χ0v) is 21.3. The quantitative estimate of drug-likeness (QED) is 0.294. The predicted molar refractivity (Wildman–Crippen MR) is 59.6 cm³/mol. The van der Waals surface area contributed by atoms with Crippen molar-refractivity contribution in [3.05, 3.63) is 0 Å². The van der Waals surface area contributed by atoms with E-state index in [1.807, 2.05) is 0 Å². The number of hydrogen-bond donors (Lipinski definition) is 4. The molecule has 1 atom stereocenters. The Labute approximate surface area is 221 Å². The molecule has 0 fully saturated rings. The van der Waals surface area contributed by atoms with Crippen LogP contribution in [0, 0.1) is 0 Å². The SMILES string of the molecule is O=C(O)CC[C@@H](C(=O)O)N(CC(=O)O)CC(=O)O.[H-].[H-].[H-].[H-].[Na+].[Na+].[Na+].[Na+]. The van der Waals surface area contributed by atoms with Gasteiger partial charge in [-0.2, -0.15) is 0 Å².